The second-order valence-electron chi connectivity index (χ2n) is 4.97. The Labute approximate surface area is 119 Å². The molecule has 0 amide bonds. The van der Waals surface area contributed by atoms with E-state index in [-0.39, 0.29) is 5.38 Å². The predicted octanol–water partition coefficient (Wildman–Crippen LogP) is 3.73. The van der Waals surface area contributed by atoms with Gasteiger partial charge in [-0.05, 0) is 20.3 Å². The van der Waals surface area contributed by atoms with Crippen LogP contribution in [0.3, 0.4) is 0 Å². The number of aliphatic hydroxyl groups excluding tert-OH is 1. The number of hydrogen-bond acceptors (Lipinski definition) is 1. The predicted molar refractivity (Wildman–Crippen MR) is 81.2 cm³/mol. The molecule has 0 aliphatic rings. The number of alkyl halides is 2. The van der Waals surface area contributed by atoms with Crippen LogP contribution in [-0.4, -0.2) is 55.1 Å². The zero-order valence-corrected chi connectivity index (χ0v) is 14.0. The highest BCUT2D eigenvalue weighted by Gasteiger charge is 1.97. The molecule has 0 saturated heterocycles. The Bertz CT molecular complexity index is 121. The van der Waals surface area contributed by atoms with Crippen LogP contribution in [0.4, 0.5) is 0 Å². The molecule has 0 aliphatic carbocycles. The number of halogens is 2. The van der Waals surface area contributed by atoms with Crippen LogP contribution >= 0.6 is 23.2 Å². The first-order valence-corrected chi connectivity index (χ1v) is 7.33. The monoisotopic (exact) mass is 288 g/mol. The van der Waals surface area contributed by atoms with Crippen LogP contribution < -0.4 is 0 Å². The highest BCUT2D eigenvalue weighted by Crippen LogP contribution is 1.93. The first-order chi connectivity index (χ1) is 7.74. The minimum Gasteiger partial charge on any atom is -0.396 e. The van der Waals surface area contributed by atoms with Gasteiger partial charge < -0.3 is 9.59 Å². The van der Waals surface area contributed by atoms with Crippen LogP contribution in [0.15, 0.2) is 0 Å². The molecule has 0 fully saturated rings. The fraction of sp³-hybridized carbons (Fsp3) is 1.00. The lowest BCUT2D eigenvalue weighted by Gasteiger charge is -2.20. The Kier molecular flexibility index (Phi) is 22.0. The number of aliphatic hydroxyl groups is 1. The van der Waals surface area contributed by atoms with Gasteiger partial charge in [0.2, 0.25) is 0 Å². The zero-order chi connectivity index (χ0) is 14.3. The molecule has 0 saturated carbocycles. The summed E-state index contributed by atoms with van der Waals surface area (Å²) >= 11 is 10.5. The molecule has 1 unspecified atom stereocenters. The van der Waals surface area contributed by atoms with Crippen LogP contribution in [0, 0.1) is 0 Å². The Hall–Kier alpha value is 0.500. The van der Waals surface area contributed by atoms with E-state index in [2.05, 4.69) is 35.0 Å². The maximum absolute atomic E-state index is 8.20. The smallest absolute Gasteiger partial charge is 0.0751 e. The van der Waals surface area contributed by atoms with E-state index in [1.54, 1.807) is 0 Å². The highest BCUT2D eigenvalue weighted by atomic mass is 35.5. The highest BCUT2D eigenvalue weighted by molar-refractivity contribution is 6.27. The summed E-state index contributed by atoms with van der Waals surface area (Å²) in [7, 11) is 6.54. The average Bonchev–Trinajstić information content (AvgIpc) is 2.27. The third-order valence-corrected chi connectivity index (χ3v) is 2.70. The van der Waals surface area contributed by atoms with Gasteiger partial charge in [-0.15, -0.1) is 23.2 Å². The van der Waals surface area contributed by atoms with Crippen molar-refractivity contribution in [1.82, 2.24) is 0 Å². The molecule has 0 aromatic carbocycles. The maximum atomic E-state index is 8.20. The largest absolute Gasteiger partial charge is 0.396 e. The summed E-state index contributed by atoms with van der Waals surface area (Å²) in [5.41, 5.74) is 0. The van der Waals surface area contributed by atoms with Crippen LogP contribution in [0.2, 0.25) is 0 Å². The molecular formula is C13H32Cl2NO+. The van der Waals surface area contributed by atoms with Gasteiger partial charge in [-0.25, -0.2) is 0 Å². The molecular weight excluding hydrogens is 257 g/mol. The summed E-state index contributed by atoms with van der Waals surface area (Å²) in [5.74, 6) is 0.543. The van der Waals surface area contributed by atoms with Crippen molar-refractivity contribution < 1.29 is 9.59 Å². The van der Waals surface area contributed by atoms with Crippen molar-refractivity contribution in [1.29, 1.82) is 0 Å². The van der Waals surface area contributed by atoms with Gasteiger partial charge in [-0.1, -0.05) is 19.8 Å². The van der Waals surface area contributed by atoms with E-state index >= 15 is 0 Å². The molecule has 1 N–H and O–H groups in total. The Morgan fingerprint density at radius 2 is 1.47 bits per heavy atom. The van der Waals surface area contributed by atoms with Crippen molar-refractivity contribution in [2.24, 2.45) is 0 Å². The molecule has 0 aromatic heterocycles. The lowest BCUT2D eigenvalue weighted by atomic mass is 10.3. The average molecular weight is 289 g/mol. The first kappa shape index (κ1) is 22.7. The van der Waals surface area contributed by atoms with E-state index in [4.69, 9.17) is 28.3 Å². The molecule has 2 nitrogen and oxygen atoms in total. The van der Waals surface area contributed by atoms with E-state index in [0.29, 0.717) is 12.5 Å². The number of rotatable bonds is 5. The van der Waals surface area contributed by atoms with Crippen LogP contribution in [-0.2, 0) is 0 Å². The third-order valence-electron chi connectivity index (χ3n) is 1.92. The molecule has 108 valence electrons. The maximum Gasteiger partial charge on any atom is 0.0751 e. The standard InChI is InChI=1S/C5H14N.C5H12O.C3H6Cl2/c1-5-6(2,3)4;1-2-3-4-5-6;1-3(5)2-4/h5H2,1-4H3;6H,2-5H2,1H3;3H,2H2,1H3/q+1;;. The van der Waals surface area contributed by atoms with Gasteiger partial charge in [0.1, 0.15) is 0 Å². The lowest BCUT2D eigenvalue weighted by molar-refractivity contribution is -0.868. The Balaban J connectivity index is -0.000000174. The molecule has 0 radical (unpaired) electrons. The summed E-state index contributed by atoms with van der Waals surface area (Å²) in [5, 5.41) is 8.32. The molecule has 1 atom stereocenters. The SMILES string of the molecule is CC(Cl)CCl.CCCCCO.CC[N+](C)(C)C. The third kappa shape index (κ3) is 48.0. The van der Waals surface area contributed by atoms with Gasteiger partial charge in [0.15, 0.2) is 0 Å². The molecule has 0 aliphatic heterocycles. The van der Waals surface area contributed by atoms with Crippen molar-refractivity contribution in [3.05, 3.63) is 0 Å². The summed E-state index contributed by atoms with van der Waals surface area (Å²) in [6, 6.07) is 0. The summed E-state index contributed by atoms with van der Waals surface area (Å²) in [6.45, 7) is 7.72. The van der Waals surface area contributed by atoms with Crippen molar-refractivity contribution in [2.45, 2.75) is 45.4 Å². The minimum absolute atomic E-state index is 0.122. The number of unbranched alkanes of at least 4 members (excludes halogenated alkanes) is 2. The summed E-state index contributed by atoms with van der Waals surface area (Å²) < 4.78 is 1.07. The molecule has 0 heterocycles. The van der Waals surface area contributed by atoms with E-state index < -0.39 is 0 Å². The molecule has 4 heteroatoms. The Morgan fingerprint density at radius 1 is 1.12 bits per heavy atom. The molecule has 0 spiro atoms. The van der Waals surface area contributed by atoms with E-state index in [0.717, 1.165) is 17.3 Å². The molecule has 17 heavy (non-hydrogen) atoms. The number of hydrogen-bond donors (Lipinski definition) is 1. The van der Waals surface area contributed by atoms with Gasteiger partial charge in [0.25, 0.3) is 0 Å². The van der Waals surface area contributed by atoms with Crippen LogP contribution in [0.1, 0.15) is 40.0 Å². The topological polar surface area (TPSA) is 20.2 Å². The van der Waals surface area contributed by atoms with Crippen molar-refractivity contribution in [2.75, 3.05) is 40.2 Å². The first-order valence-electron chi connectivity index (χ1n) is 6.36. The van der Waals surface area contributed by atoms with E-state index in [1.807, 2.05) is 6.92 Å². The molecule has 0 bridgehead atoms. The lowest BCUT2D eigenvalue weighted by Crippen LogP contribution is -2.33. The Morgan fingerprint density at radius 3 is 1.53 bits per heavy atom. The number of nitrogens with zero attached hydrogens (tertiary/aromatic N) is 1. The second kappa shape index (κ2) is 16.5. The zero-order valence-electron chi connectivity index (χ0n) is 12.5. The van der Waals surface area contributed by atoms with E-state index in [1.165, 1.54) is 13.0 Å². The van der Waals surface area contributed by atoms with Gasteiger partial charge in [0.05, 0.1) is 27.7 Å². The van der Waals surface area contributed by atoms with Gasteiger partial charge in [0, 0.05) is 17.9 Å². The normalized spacial score (nSPS) is 11.8. The quantitative estimate of drug-likeness (QED) is 0.464. The van der Waals surface area contributed by atoms with Gasteiger partial charge >= 0.3 is 0 Å². The van der Waals surface area contributed by atoms with Crippen LogP contribution in [0.5, 0.6) is 0 Å². The second-order valence-corrected chi connectivity index (χ2v) is 6.03. The van der Waals surface area contributed by atoms with Crippen LogP contribution in [0.25, 0.3) is 0 Å². The van der Waals surface area contributed by atoms with Gasteiger partial charge in [-0.3, -0.25) is 0 Å². The fourth-order valence-electron chi connectivity index (χ4n) is 0.362. The molecule has 0 aromatic rings. The van der Waals surface area contributed by atoms with Crippen molar-refractivity contribution in [3.8, 4) is 0 Å². The molecule has 0 rings (SSSR count). The summed E-state index contributed by atoms with van der Waals surface area (Å²) in [6.07, 6.45) is 3.33. The fourth-order valence-corrected chi connectivity index (χ4v) is 0.362. The van der Waals surface area contributed by atoms with Crippen molar-refractivity contribution >= 4 is 23.2 Å². The van der Waals surface area contributed by atoms with Gasteiger partial charge in [-0.2, -0.15) is 0 Å². The van der Waals surface area contributed by atoms with E-state index in [9.17, 15) is 0 Å². The minimum atomic E-state index is 0.122. The summed E-state index contributed by atoms with van der Waals surface area (Å²) in [4.78, 5) is 0. The van der Waals surface area contributed by atoms with Crippen molar-refractivity contribution in [3.63, 3.8) is 0 Å². The number of quaternary nitrogens is 1.